The molecule has 0 aromatic carbocycles. The number of hydrogen-bond acceptors (Lipinski definition) is 4. The lowest BCUT2D eigenvalue weighted by molar-refractivity contribution is 0.0952. The van der Waals surface area contributed by atoms with Crippen LogP contribution in [0, 0.1) is 6.92 Å². The molecule has 0 saturated heterocycles. The Morgan fingerprint density at radius 2 is 2.00 bits per heavy atom. The molecule has 4 rings (SSSR count). The molecule has 2 N–H and O–H groups in total. The number of pyridine rings is 2. The van der Waals surface area contributed by atoms with E-state index >= 15 is 0 Å². The second-order valence-corrected chi connectivity index (χ2v) is 8.84. The summed E-state index contributed by atoms with van der Waals surface area (Å²) < 4.78 is 1.86. The minimum Gasteiger partial charge on any atom is -0.348 e. The van der Waals surface area contributed by atoms with Gasteiger partial charge in [-0.25, -0.2) is 9.67 Å². The number of amides is 1. The summed E-state index contributed by atoms with van der Waals surface area (Å²) >= 11 is 0. The highest BCUT2D eigenvalue weighted by Gasteiger charge is 2.28. The van der Waals surface area contributed by atoms with Gasteiger partial charge in [-0.05, 0) is 57.2 Å². The average molecular weight is 408 g/mol. The fourth-order valence-electron chi connectivity index (χ4n) is 3.89. The Labute approximate surface area is 175 Å². The summed E-state index contributed by atoms with van der Waals surface area (Å²) in [6.07, 6.45) is 3.92. The summed E-state index contributed by atoms with van der Waals surface area (Å²) in [6.45, 7) is 10.3. The molecular formula is C23H29N5O2. The number of aryl methyl sites for hydroxylation is 1. The molecule has 0 aliphatic heterocycles. The number of H-pyrrole nitrogens is 1. The molecule has 3 aromatic rings. The summed E-state index contributed by atoms with van der Waals surface area (Å²) in [6, 6.07) is 4.03. The predicted octanol–water partition coefficient (Wildman–Crippen LogP) is 3.94. The van der Waals surface area contributed by atoms with Gasteiger partial charge in [0.1, 0.15) is 0 Å². The van der Waals surface area contributed by atoms with Gasteiger partial charge in [-0.3, -0.25) is 9.59 Å². The zero-order chi connectivity index (χ0) is 21.6. The van der Waals surface area contributed by atoms with Gasteiger partial charge in [0, 0.05) is 35.5 Å². The maximum atomic E-state index is 13.2. The van der Waals surface area contributed by atoms with Gasteiger partial charge < -0.3 is 10.3 Å². The van der Waals surface area contributed by atoms with Gasteiger partial charge >= 0.3 is 0 Å². The van der Waals surface area contributed by atoms with Crippen LogP contribution in [0.1, 0.15) is 91.3 Å². The predicted molar refractivity (Wildman–Crippen MR) is 117 cm³/mol. The number of aromatic nitrogens is 4. The maximum absolute atomic E-state index is 13.2. The fourth-order valence-corrected chi connectivity index (χ4v) is 3.89. The number of nitrogens with zero attached hydrogens (tertiary/aromatic N) is 3. The highest BCUT2D eigenvalue weighted by molar-refractivity contribution is 6.05. The summed E-state index contributed by atoms with van der Waals surface area (Å²) in [5.74, 6) is 0.405. The number of aromatic amines is 1. The molecule has 30 heavy (non-hydrogen) atoms. The van der Waals surface area contributed by atoms with E-state index in [1.807, 2.05) is 37.6 Å². The van der Waals surface area contributed by atoms with Crippen molar-refractivity contribution in [1.82, 2.24) is 25.1 Å². The molecule has 3 aromatic heterocycles. The molecule has 3 heterocycles. The van der Waals surface area contributed by atoms with Gasteiger partial charge in [0.2, 0.25) is 0 Å². The van der Waals surface area contributed by atoms with Crippen LogP contribution >= 0.6 is 0 Å². The lowest BCUT2D eigenvalue weighted by atomic mass is 9.98. The molecule has 1 aliphatic carbocycles. The van der Waals surface area contributed by atoms with E-state index in [9.17, 15) is 9.59 Å². The summed E-state index contributed by atoms with van der Waals surface area (Å²) in [7, 11) is 0. The summed E-state index contributed by atoms with van der Waals surface area (Å²) in [4.78, 5) is 33.4. The Bertz CT molecular complexity index is 1170. The molecule has 0 radical (unpaired) electrons. The third-order valence-corrected chi connectivity index (χ3v) is 5.67. The van der Waals surface area contributed by atoms with Crippen LogP contribution in [0.3, 0.4) is 0 Å². The van der Waals surface area contributed by atoms with E-state index in [-0.39, 0.29) is 30.0 Å². The Balaban J connectivity index is 1.69. The highest BCUT2D eigenvalue weighted by atomic mass is 16.1. The number of hydrogen-bond donors (Lipinski definition) is 2. The lowest BCUT2D eigenvalue weighted by Gasteiger charge is -2.14. The van der Waals surface area contributed by atoms with E-state index in [0.717, 1.165) is 40.8 Å². The third kappa shape index (κ3) is 3.76. The standard InChI is InChI=1S/C23H29N5O2/c1-12(2)16-8-14(5)26-23(30)19(16)10-24-22(29)17-9-20(15-6-7-15)27-21-18(17)11-25-28(21)13(3)4/h8-9,11-13,15H,6-7,10H2,1-5H3,(H,24,29)(H,26,30). The third-order valence-electron chi connectivity index (χ3n) is 5.67. The van der Waals surface area contributed by atoms with Crippen LogP contribution in [-0.4, -0.2) is 25.7 Å². The molecule has 1 aliphatic rings. The fraction of sp³-hybridized carbons (Fsp3) is 0.478. The van der Waals surface area contributed by atoms with Gasteiger partial charge in [-0.1, -0.05) is 13.8 Å². The van der Waals surface area contributed by atoms with Gasteiger partial charge in [0.25, 0.3) is 11.5 Å². The van der Waals surface area contributed by atoms with E-state index < -0.39 is 0 Å². The topological polar surface area (TPSA) is 92.7 Å². The molecule has 158 valence electrons. The van der Waals surface area contributed by atoms with Crippen molar-refractivity contribution in [3.05, 3.63) is 56.8 Å². The van der Waals surface area contributed by atoms with E-state index in [1.165, 1.54) is 0 Å². The SMILES string of the molecule is Cc1cc(C(C)C)c(CNC(=O)c2cc(C3CC3)nc3c2cnn3C(C)C)c(=O)[nH]1. The largest absolute Gasteiger partial charge is 0.348 e. The van der Waals surface area contributed by atoms with Crippen LogP contribution in [0.4, 0.5) is 0 Å². The molecule has 0 atom stereocenters. The van der Waals surface area contributed by atoms with Crippen molar-refractivity contribution in [3.8, 4) is 0 Å². The van der Waals surface area contributed by atoms with Crippen molar-refractivity contribution >= 4 is 16.9 Å². The number of nitrogens with one attached hydrogen (secondary N) is 2. The Kier molecular flexibility index (Phi) is 5.22. The molecule has 7 nitrogen and oxygen atoms in total. The number of carbonyl (C=O) groups excluding carboxylic acids is 1. The number of fused-ring (bicyclic) bond motifs is 1. The van der Waals surface area contributed by atoms with Crippen molar-refractivity contribution in [1.29, 1.82) is 0 Å². The molecule has 0 spiro atoms. The van der Waals surface area contributed by atoms with Crippen LogP contribution in [0.2, 0.25) is 0 Å². The van der Waals surface area contributed by atoms with Crippen molar-refractivity contribution in [3.63, 3.8) is 0 Å². The lowest BCUT2D eigenvalue weighted by Crippen LogP contribution is -2.29. The first-order valence-electron chi connectivity index (χ1n) is 10.6. The van der Waals surface area contributed by atoms with E-state index in [2.05, 4.69) is 29.2 Å². The minimum absolute atomic E-state index is 0.148. The van der Waals surface area contributed by atoms with Crippen molar-refractivity contribution in [2.45, 2.75) is 71.9 Å². The number of rotatable bonds is 6. The Hall–Kier alpha value is -2.96. The first kappa shape index (κ1) is 20.3. The first-order chi connectivity index (χ1) is 14.3. The highest BCUT2D eigenvalue weighted by Crippen LogP contribution is 2.40. The second-order valence-electron chi connectivity index (χ2n) is 8.84. The zero-order valence-corrected chi connectivity index (χ0v) is 18.2. The van der Waals surface area contributed by atoms with Crippen molar-refractivity contribution < 1.29 is 4.79 Å². The second kappa shape index (κ2) is 7.70. The maximum Gasteiger partial charge on any atom is 0.253 e. The first-order valence-corrected chi connectivity index (χ1v) is 10.6. The molecule has 1 fully saturated rings. The summed E-state index contributed by atoms with van der Waals surface area (Å²) in [5, 5.41) is 8.16. The molecule has 1 saturated carbocycles. The normalized spacial score (nSPS) is 14.1. The number of carbonyl (C=O) groups is 1. The zero-order valence-electron chi connectivity index (χ0n) is 18.2. The van der Waals surface area contributed by atoms with Crippen LogP contribution in [0.5, 0.6) is 0 Å². The van der Waals surface area contributed by atoms with E-state index in [4.69, 9.17) is 4.98 Å². The molecule has 7 heteroatoms. The van der Waals surface area contributed by atoms with Crippen molar-refractivity contribution in [2.24, 2.45) is 0 Å². The van der Waals surface area contributed by atoms with Gasteiger partial charge in [0.15, 0.2) is 5.65 Å². The minimum atomic E-state index is -0.206. The van der Waals surface area contributed by atoms with Gasteiger partial charge in [0.05, 0.1) is 17.1 Å². The molecule has 0 unspecified atom stereocenters. The Morgan fingerprint density at radius 1 is 1.27 bits per heavy atom. The quantitative estimate of drug-likeness (QED) is 0.647. The van der Waals surface area contributed by atoms with Crippen LogP contribution in [0.25, 0.3) is 11.0 Å². The summed E-state index contributed by atoms with van der Waals surface area (Å²) in [5.41, 5.74) is 4.51. The monoisotopic (exact) mass is 407 g/mol. The van der Waals surface area contributed by atoms with E-state index in [1.54, 1.807) is 6.20 Å². The van der Waals surface area contributed by atoms with Crippen LogP contribution < -0.4 is 10.9 Å². The van der Waals surface area contributed by atoms with E-state index in [0.29, 0.717) is 17.0 Å². The van der Waals surface area contributed by atoms with Crippen LogP contribution in [0.15, 0.2) is 23.1 Å². The van der Waals surface area contributed by atoms with Gasteiger partial charge in [-0.2, -0.15) is 5.10 Å². The molecule has 1 amide bonds. The Morgan fingerprint density at radius 3 is 2.63 bits per heavy atom. The van der Waals surface area contributed by atoms with Gasteiger partial charge in [-0.15, -0.1) is 0 Å². The molecule has 0 bridgehead atoms. The smallest absolute Gasteiger partial charge is 0.253 e. The van der Waals surface area contributed by atoms with Crippen molar-refractivity contribution in [2.75, 3.05) is 0 Å². The molecular weight excluding hydrogens is 378 g/mol. The average Bonchev–Trinajstić information content (AvgIpc) is 3.44. The van der Waals surface area contributed by atoms with Crippen LogP contribution in [-0.2, 0) is 6.54 Å².